The van der Waals surface area contributed by atoms with Gasteiger partial charge in [-0.1, -0.05) is 33.1 Å². The largest absolute Gasteiger partial charge is 0.314 e. The van der Waals surface area contributed by atoms with Crippen LogP contribution < -0.4 is 5.32 Å². The zero-order chi connectivity index (χ0) is 14.2. The maximum absolute atomic E-state index is 4.10. The second kappa shape index (κ2) is 8.41. The summed E-state index contributed by atoms with van der Waals surface area (Å²) in [4.78, 5) is 4.10. The van der Waals surface area contributed by atoms with Crippen LogP contribution in [0.1, 0.15) is 57.9 Å². The predicted molar refractivity (Wildman–Crippen MR) is 85.8 cm³/mol. The Morgan fingerprint density at radius 2 is 1.85 bits per heavy atom. The zero-order valence-corrected chi connectivity index (χ0v) is 13.1. The van der Waals surface area contributed by atoms with Crippen LogP contribution in [0.3, 0.4) is 0 Å². The first kappa shape index (κ1) is 15.5. The average Bonchev–Trinajstić information content (AvgIpc) is 2.52. The van der Waals surface area contributed by atoms with E-state index in [-0.39, 0.29) is 0 Å². The summed E-state index contributed by atoms with van der Waals surface area (Å²) in [5, 5.41) is 3.74. The minimum Gasteiger partial charge on any atom is -0.314 e. The van der Waals surface area contributed by atoms with Crippen LogP contribution in [-0.4, -0.2) is 17.6 Å². The molecule has 1 aromatic heterocycles. The van der Waals surface area contributed by atoms with Crippen LogP contribution in [0.4, 0.5) is 0 Å². The standard InChI is InChI=1S/C18H30N2/c1-3-15-5-8-17(9-6-15)18(20-4-2)10-7-16-11-13-19-14-12-16/h11-15,17-18,20H,3-10H2,1-2H3. The predicted octanol–water partition coefficient (Wildman–Crippen LogP) is 4.21. The van der Waals surface area contributed by atoms with Gasteiger partial charge in [-0.3, -0.25) is 4.98 Å². The van der Waals surface area contributed by atoms with Gasteiger partial charge in [-0.05, 0) is 61.8 Å². The van der Waals surface area contributed by atoms with E-state index in [4.69, 9.17) is 0 Å². The van der Waals surface area contributed by atoms with Gasteiger partial charge in [0.15, 0.2) is 0 Å². The van der Waals surface area contributed by atoms with Gasteiger partial charge >= 0.3 is 0 Å². The number of hydrogen-bond acceptors (Lipinski definition) is 2. The van der Waals surface area contributed by atoms with Crippen molar-refractivity contribution in [3.8, 4) is 0 Å². The lowest BCUT2D eigenvalue weighted by atomic mass is 9.76. The lowest BCUT2D eigenvalue weighted by Gasteiger charge is -2.34. The molecule has 112 valence electrons. The third-order valence-corrected chi connectivity index (χ3v) is 5.00. The second-order valence-corrected chi connectivity index (χ2v) is 6.25. The van der Waals surface area contributed by atoms with Crippen LogP contribution in [-0.2, 0) is 6.42 Å². The average molecular weight is 274 g/mol. The number of hydrogen-bond donors (Lipinski definition) is 1. The molecule has 20 heavy (non-hydrogen) atoms. The van der Waals surface area contributed by atoms with Crippen molar-refractivity contribution in [3.05, 3.63) is 30.1 Å². The summed E-state index contributed by atoms with van der Waals surface area (Å²) in [6.45, 7) is 5.67. The van der Waals surface area contributed by atoms with Gasteiger partial charge in [0.05, 0.1) is 0 Å². The van der Waals surface area contributed by atoms with Crippen molar-refractivity contribution in [2.24, 2.45) is 11.8 Å². The highest BCUT2D eigenvalue weighted by atomic mass is 14.9. The molecule has 2 heteroatoms. The third-order valence-electron chi connectivity index (χ3n) is 5.00. The molecule has 1 aromatic rings. The normalized spacial score (nSPS) is 24.5. The summed E-state index contributed by atoms with van der Waals surface area (Å²) < 4.78 is 0. The molecule has 0 aliphatic heterocycles. The van der Waals surface area contributed by atoms with Crippen LogP contribution in [0.5, 0.6) is 0 Å². The molecule has 0 saturated heterocycles. The minimum absolute atomic E-state index is 0.700. The minimum atomic E-state index is 0.700. The lowest BCUT2D eigenvalue weighted by molar-refractivity contribution is 0.212. The van der Waals surface area contributed by atoms with Crippen LogP contribution >= 0.6 is 0 Å². The molecule has 0 bridgehead atoms. The van der Waals surface area contributed by atoms with Crippen LogP contribution in [0.15, 0.2) is 24.5 Å². The Hall–Kier alpha value is -0.890. The van der Waals surface area contributed by atoms with Crippen LogP contribution in [0, 0.1) is 11.8 Å². The molecule has 1 fully saturated rings. The monoisotopic (exact) mass is 274 g/mol. The third kappa shape index (κ3) is 4.59. The van der Waals surface area contributed by atoms with Gasteiger partial charge in [0.2, 0.25) is 0 Å². The van der Waals surface area contributed by atoms with E-state index in [1.807, 2.05) is 12.4 Å². The van der Waals surface area contributed by atoms with E-state index in [2.05, 4.69) is 36.3 Å². The highest BCUT2D eigenvalue weighted by Crippen LogP contribution is 2.33. The fourth-order valence-electron chi connectivity index (χ4n) is 3.64. The quantitative estimate of drug-likeness (QED) is 0.805. The fraction of sp³-hybridized carbons (Fsp3) is 0.722. The molecule has 1 saturated carbocycles. The van der Waals surface area contributed by atoms with Gasteiger partial charge < -0.3 is 5.32 Å². The van der Waals surface area contributed by atoms with Crippen molar-refractivity contribution in [3.63, 3.8) is 0 Å². The number of aryl methyl sites for hydroxylation is 1. The molecule has 0 amide bonds. The number of pyridine rings is 1. The van der Waals surface area contributed by atoms with Gasteiger partial charge in [0.25, 0.3) is 0 Å². The topological polar surface area (TPSA) is 24.9 Å². The van der Waals surface area contributed by atoms with Crippen molar-refractivity contribution >= 4 is 0 Å². The van der Waals surface area contributed by atoms with E-state index >= 15 is 0 Å². The van der Waals surface area contributed by atoms with E-state index in [0.29, 0.717) is 6.04 Å². The molecular formula is C18H30N2. The smallest absolute Gasteiger partial charge is 0.0270 e. The molecule has 2 nitrogen and oxygen atoms in total. The van der Waals surface area contributed by atoms with Crippen molar-refractivity contribution < 1.29 is 0 Å². The summed E-state index contributed by atoms with van der Waals surface area (Å²) in [5.41, 5.74) is 1.42. The summed E-state index contributed by atoms with van der Waals surface area (Å²) in [7, 11) is 0. The van der Waals surface area contributed by atoms with Gasteiger partial charge in [-0.2, -0.15) is 0 Å². The van der Waals surface area contributed by atoms with Gasteiger partial charge in [-0.25, -0.2) is 0 Å². The molecule has 0 spiro atoms. The molecule has 1 aliphatic rings. The maximum Gasteiger partial charge on any atom is 0.0270 e. The lowest BCUT2D eigenvalue weighted by Crippen LogP contribution is -2.38. The molecule has 1 unspecified atom stereocenters. The molecule has 1 aliphatic carbocycles. The highest BCUT2D eigenvalue weighted by Gasteiger charge is 2.26. The first-order valence-corrected chi connectivity index (χ1v) is 8.45. The Morgan fingerprint density at radius 3 is 2.45 bits per heavy atom. The number of rotatable bonds is 7. The Labute approximate surface area is 124 Å². The second-order valence-electron chi connectivity index (χ2n) is 6.25. The first-order valence-electron chi connectivity index (χ1n) is 8.45. The van der Waals surface area contributed by atoms with Crippen molar-refractivity contribution in [2.75, 3.05) is 6.54 Å². The molecule has 0 radical (unpaired) electrons. The molecule has 1 heterocycles. The zero-order valence-electron chi connectivity index (χ0n) is 13.1. The van der Waals surface area contributed by atoms with Crippen LogP contribution in [0.2, 0.25) is 0 Å². The Morgan fingerprint density at radius 1 is 1.15 bits per heavy atom. The Kier molecular flexibility index (Phi) is 6.52. The molecule has 2 rings (SSSR count). The molecule has 1 atom stereocenters. The van der Waals surface area contributed by atoms with E-state index in [1.54, 1.807) is 0 Å². The van der Waals surface area contributed by atoms with E-state index in [9.17, 15) is 0 Å². The van der Waals surface area contributed by atoms with E-state index in [1.165, 1.54) is 50.5 Å². The number of nitrogens with zero attached hydrogens (tertiary/aromatic N) is 1. The molecule has 0 aromatic carbocycles. The van der Waals surface area contributed by atoms with Crippen molar-refractivity contribution in [2.45, 2.75) is 64.8 Å². The summed E-state index contributed by atoms with van der Waals surface area (Å²) in [6, 6.07) is 5.00. The van der Waals surface area contributed by atoms with Crippen molar-refractivity contribution in [1.29, 1.82) is 0 Å². The first-order chi connectivity index (χ1) is 9.83. The summed E-state index contributed by atoms with van der Waals surface area (Å²) in [5.74, 6) is 1.88. The Balaban J connectivity index is 1.84. The van der Waals surface area contributed by atoms with Crippen molar-refractivity contribution in [1.82, 2.24) is 10.3 Å². The van der Waals surface area contributed by atoms with Gasteiger partial charge in [-0.15, -0.1) is 0 Å². The maximum atomic E-state index is 4.10. The summed E-state index contributed by atoms with van der Waals surface area (Å²) >= 11 is 0. The Bertz CT molecular complexity index is 355. The van der Waals surface area contributed by atoms with E-state index < -0.39 is 0 Å². The molecular weight excluding hydrogens is 244 g/mol. The summed E-state index contributed by atoms with van der Waals surface area (Å²) in [6.07, 6.45) is 13.4. The number of aromatic nitrogens is 1. The van der Waals surface area contributed by atoms with Gasteiger partial charge in [0, 0.05) is 18.4 Å². The molecule has 1 N–H and O–H groups in total. The van der Waals surface area contributed by atoms with E-state index in [0.717, 1.165) is 18.4 Å². The SMILES string of the molecule is CCNC(CCc1ccncc1)C1CCC(CC)CC1. The van der Waals surface area contributed by atoms with Crippen LogP contribution in [0.25, 0.3) is 0 Å². The number of nitrogens with one attached hydrogen (secondary N) is 1. The highest BCUT2D eigenvalue weighted by molar-refractivity contribution is 5.10. The fourth-order valence-corrected chi connectivity index (χ4v) is 3.64. The van der Waals surface area contributed by atoms with Gasteiger partial charge in [0.1, 0.15) is 0 Å².